The molecule has 1 aliphatic carbocycles. The first-order valence-electron chi connectivity index (χ1n) is 5.96. The minimum Gasteiger partial charge on any atom is -0.383 e. The summed E-state index contributed by atoms with van der Waals surface area (Å²) < 4.78 is 0. The number of anilines is 2. The molecule has 0 spiro atoms. The van der Waals surface area contributed by atoms with Crippen LogP contribution in [0.3, 0.4) is 0 Å². The van der Waals surface area contributed by atoms with Gasteiger partial charge in [-0.05, 0) is 37.8 Å². The molecule has 80 valence electrons. The van der Waals surface area contributed by atoms with Crippen LogP contribution in [0.5, 0.6) is 0 Å². The van der Waals surface area contributed by atoms with E-state index in [2.05, 4.69) is 35.3 Å². The fourth-order valence-corrected chi connectivity index (χ4v) is 2.47. The van der Waals surface area contributed by atoms with Gasteiger partial charge in [-0.2, -0.15) is 0 Å². The van der Waals surface area contributed by atoms with Crippen LogP contribution in [-0.4, -0.2) is 19.1 Å². The van der Waals surface area contributed by atoms with Crippen LogP contribution in [0.2, 0.25) is 0 Å². The SMILES string of the molecule is Cc1cccc2c1NCCCN2C1CC1. The highest BCUT2D eigenvalue weighted by Crippen LogP contribution is 2.38. The normalized spacial score (nSPS) is 20.5. The molecular formula is C13H18N2. The molecule has 1 heterocycles. The number of aryl methyl sites for hydroxylation is 1. The molecule has 1 N–H and O–H groups in total. The summed E-state index contributed by atoms with van der Waals surface area (Å²) in [7, 11) is 0. The molecule has 1 aromatic carbocycles. The predicted octanol–water partition coefficient (Wildman–Crippen LogP) is 2.78. The highest BCUT2D eigenvalue weighted by Gasteiger charge is 2.31. The number of benzene rings is 1. The Balaban J connectivity index is 2.04. The number of nitrogens with one attached hydrogen (secondary N) is 1. The topological polar surface area (TPSA) is 15.3 Å². The summed E-state index contributed by atoms with van der Waals surface area (Å²) in [5, 5.41) is 3.56. The Morgan fingerprint density at radius 3 is 3.00 bits per heavy atom. The third-order valence-electron chi connectivity index (χ3n) is 3.43. The van der Waals surface area contributed by atoms with Crippen molar-refractivity contribution in [2.75, 3.05) is 23.3 Å². The van der Waals surface area contributed by atoms with Crippen molar-refractivity contribution >= 4 is 11.4 Å². The van der Waals surface area contributed by atoms with Crippen LogP contribution >= 0.6 is 0 Å². The Bertz CT molecular complexity index is 369. The molecule has 0 bridgehead atoms. The zero-order valence-electron chi connectivity index (χ0n) is 9.29. The molecule has 2 nitrogen and oxygen atoms in total. The van der Waals surface area contributed by atoms with E-state index in [9.17, 15) is 0 Å². The van der Waals surface area contributed by atoms with E-state index in [4.69, 9.17) is 0 Å². The minimum atomic E-state index is 0.824. The standard InChI is InChI=1S/C13H18N2/c1-10-4-2-5-12-13(10)14-8-3-9-15(12)11-6-7-11/h2,4-5,11,14H,3,6-9H2,1H3. The Morgan fingerprint density at radius 1 is 1.33 bits per heavy atom. The van der Waals surface area contributed by atoms with Gasteiger partial charge < -0.3 is 10.2 Å². The van der Waals surface area contributed by atoms with Crippen molar-refractivity contribution in [3.63, 3.8) is 0 Å². The number of fused-ring (bicyclic) bond motifs is 1. The lowest BCUT2D eigenvalue weighted by atomic mass is 10.1. The van der Waals surface area contributed by atoms with Crippen LogP contribution < -0.4 is 10.2 Å². The molecule has 0 aromatic heterocycles. The molecular weight excluding hydrogens is 184 g/mol. The molecule has 1 saturated carbocycles. The van der Waals surface area contributed by atoms with Gasteiger partial charge in [0, 0.05) is 19.1 Å². The van der Waals surface area contributed by atoms with Gasteiger partial charge in [0.15, 0.2) is 0 Å². The Hall–Kier alpha value is -1.18. The number of nitrogens with zero attached hydrogens (tertiary/aromatic N) is 1. The summed E-state index contributed by atoms with van der Waals surface area (Å²) in [5.74, 6) is 0. The molecule has 0 saturated heterocycles. The average molecular weight is 202 g/mol. The first-order valence-corrected chi connectivity index (χ1v) is 5.96. The second-order valence-electron chi connectivity index (χ2n) is 4.67. The van der Waals surface area contributed by atoms with E-state index in [-0.39, 0.29) is 0 Å². The van der Waals surface area contributed by atoms with Crippen molar-refractivity contribution in [3.05, 3.63) is 23.8 Å². The zero-order valence-corrected chi connectivity index (χ0v) is 9.29. The monoisotopic (exact) mass is 202 g/mol. The lowest BCUT2D eigenvalue weighted by molar-refractivity contribution is 0.760. The summed E-state index contributed by atoms with van der Waals surface area (Å²) >= 11 is 0. The molecule has 15 heavy (non-hydrogen) atoms. The summed E-state index contributed by atoms with van der Waals surface area (Å²) in [6.45, 7) is 4.53. The first-order chi connectivity index (χ1) is 7.36. The maximum atomic E-state index is 3.56. The van der Waals surface area contributed by atoms with Crippen molar-refractivity contribution in [2.24, 2.45) is 0 Å². The van der Waals surface area contributed by atoms with E-state index < -0.39 is 0 Å². The molecule has 1 aliphatic heterocycles. The largest absolute Gasteiger partial charge is 0.383 e. The lowest BCUT2D eigenvalue weighted by Crippen LogP contribution is -2.26. The van der Waals surface area contributed by atoms with Crippen LogP contribution in [0, 0.1) is 6.92 Å². The van der Waals surface area contributed by atoms with Crippen LogP contribution in [-0.2, 0) is 0 Å². The van der Waals surface area contributed by atoms with E-state index >= 15 is 0 Å². The van der Waals surface area contributed by atoms with Gasteiger partial charge in [-0.25, -0.2) is 0 Å². The van der Waals surface area contributed by atoms with Crippen molar-refractivity contribution in [3.8, 4) is 0 Å². The predicted molar refractivity (Wildman–Crippen MR) is 64.7 cm³/mol. The van der Waals surface area contributed by atoms with E-state index in [1.165, 1.54) is 42.7 Å². The van der Waals surface area contributed by atoms with Crippen LogP contribution in [0.4, 0.5) is 11.4 Å². The molecule has 0 atom stereocenters. The van der Waals surface area contributed by atoms with Gasteiger partial charge in [0.2, 0.25) is 0 Å². The molecule has 2 heteroatoms. The number of rotatable bonds is 1. The summed E-state index contributed by atoms with van der Waals surface area (Å²) in [4.78, 5) is 2.60. The maximum Gasteiger partial charge on any atom is 0.0607 e. The van der Waals surface area contributed by atoms with Gasteiger partial charge in [-0.15, -0.1) is 0 Å². The van der Waals surface area contributed by atoms with Crippen LogP contribution in [0.15, 0.2) is 18.2 Å². The van der Waals surface area contributed by atoms with Crippen molar-refractivity contribution < 1.29 is 0 Å². The van der Waals surface area contributed by atoms with E-state index in [1.807, 2.05) is 0 Å². The van der Waals surface area contributed by atoms with Gasteiger partial charge >= 0.3 is 0 Å². The molecule has 1 aromatic rings. The Kier molecular flexibility index (Phi) is 2.08. The van der Waals surface area contributed by atoms with Crippen LogP contribution in [0.25, 0.3) is 0 Å². The minimum absolute atomic E-state index is 0.824. The quantitative estimate of drug-likeness (QED) is 0.753. The molecule has 1 fully saturated rings. The smallest absolute Gasteiger partial charge is 0.0607 e. The second-order valence-corrected chi connectivity index (χ2v) is 4.67. The second kappa shape index (κ2) is 3.44. The highest BCUT2D eigenvalue weighted by molar-refractivity contribution is 5.74. The van der Waals surface area contributed by atoms with Crippen molar-refractivity contribution in [1.29, 1.82) is 0 Å². The van der Waals surface area contributed by atoms with E-state index in [1.54, 1.807) is 0 Å². The third kappa shape index (κ3) is 1.58. The number of para-hydroxylation sites is 1. The molecule has 2 aliphatic rings. The van der Waals surface area contributed by atoms with Gasteiger partial charge in [0.25, 0.3) is 0 Å². The summed E-state index contributed by atoms with van der Waals surface area (Å²) in [6.07, 6.45) is 4.02. The zero-order chi connectivity index (χ0) is 10.3. The summed E-state index contributed by atoms with van der Waals surface area (Å²) in [5.41, 5.74) is 4.16. The van der Waals surface area contributed by atoms with Gasteiger partial charge in [-0.3, -0.25) is 0 Å². The Labute approximate surface area is 91.3 Å². The van der Waals surface area contributed by atoms with Crippen molar-refractivity contribution in [1.82, 2.24) is 0 Å². The van der Waals surface area contributed by atoms with Gasteiger partial charge in [0.05, 0.1) is 11.4 Å². The van der Waals surface area contributed by atoms with E-state index in [0.29, 0.717) is 0 Å². The fraction of sp³-hybridized carbons (Fsp3) is 0.538. The Morgan fingerprint density at radius 2 is 2.20 bits per heavy atom. The molecule has 0 amide bonds. The highest BCUT2D eigenvalue weighted by atomic mass is 15.2. The first kappa shape index (κ1) is 9.08. The average Bonchev–Trinajstić information content (AvgIpc) is 3.03. The third-order valence-corrected chi connectivity index (χ3v) is 3.43. The fourth-order valence-electron chi connectivity index (χ4n) is 2.47. The number of hydrogen-bond donors (Lipinski definition) is 1. The van der Waals surface area contributed by atoms with Gasteiger partial charge in [0.1, 0.15) is 0 Å². The lowest BCUT2D eigenvalue weighted by Gasteiger charge is -2.24. The molecule has 3 rings (SSSR count). The number of hydrogen-bond acceptors (Lipinski definition) is 2. The van der Waals surface area contributed by atoms with Gasteiger partial charge in [-0.1, -0.05) is 12.1 Å². The van der Waals surface area contributed by atoms with Crippen molar-refractivity contribution in [2.45, 2.75) is 32.2 Å². The van der Waals surface area contributed by atoms with Crippen LogP contribution in [0.1, 0.15) is 24.8 Å². The molecule has 0 unspecified atom stereocenters. The molecule has 0 radical (unpaired) electrons. The maximum absolute atomic E-state index is 3.56. The van der Waals surface area contributed by atoms with E-state index in [0.717, 1.165) is 12.6 Å². The summed E-state index contributed by atoms with van der Waals surface area (Å²) in [6, 6.07) is 7.46.